The second kappa shape index (κ2) is 6.43. The highest BCUT2D eigenvalue weighted by molar-refractivity contribution is 5.78. The van der Waals surface area contributed by atoms with E-state index in [0.717, 1.165) is 24.1 Å². The predicted molar refractivity (Wildman–Crippen MR) is 74.2 cm³/mol. The average Bonchev–Trinajstić information content (AvgIpc) is 2.34. The summed E-state index contributed by atoms with van der Waals surface area (Å²) in [6.45, 7) is 11.5. The van der Waals surface area contributed by atoms with Gasteiger partial charge in [0.25, 0.3) is 0 Å². The Morgan fingerprint density at radius 3 is 2.29 bits per heavy atom. The molecule has 0 saturated heterocycles. The number of hydrogen-bond donors (Lipinski definition) is 0. The Balaban J connectivity index is 2.99. The fourth-order valence-electron chi connectivity index (χ4n) is 2.27. The summed E-state index contributed by atoms with van der Waals surface area (Å²) in [5, 5.41) is 4.17. The Morgan fingerprint density at radius 2 is 1.82 bits per heavy atom. The first kappa shape index (κ1) is 13.8. The van der Waals surface area contributed by atoms with Gasteiger partial charge in [-0.05, 0) is 45.1 Å². The van der Waals surface area contributed by atoms with E-state index in [9.17, 15) is 0 Å². The highest BCUT2D eigenvalue weighted by atomic mass is 16.6. The maximum atomic E-state index is 5.84. The van der Waals surface area contributed by atoms with E-state index in [1.165, 1.54) is 19.3 Å². The van der Waals surface area contributed by atoms with Crippen LogP contribution < -0.4 is 0 Å². The Kier molecular flexibility index (Phi) is 5.20. The van der Waals surface area contributed by atoms with Crippen molar-refractivity contribution in [1.29, 1.82) is 0 Å². The van der Waals surface area contributed by atoms with Gasteiger partial charge in [0.1, 0.15) is 0 Å². The van der Waals surface area contributed by atoms with Crippen molar-refractivity contribution in [3.05, 3.63) is 37.0 Å². The van der Waals surface area contributed by atoms with Crippen LogP contribution in [-0.2, 0) is 4.84 Å². The third kappa shape index (κ3) is 3.58. The molecule has 1 saturated carbocycles. The lowest BCUT2D eigenvalue weighted by Gasteiger charge is -2.36. The highest BCUT2D eigenvalue weighted by Gasteiger charge is 2.37. The van der Waals surface area contributed by atoms with Crippen molar-refractivity contribution in [3.8, 4) is 0 Å². The third-order valence-corrected chi connectivity index (χ3v) is 3.11. The van der Waals surface area contributed by atoms with Crippen LogP contribution in [0.2, 0.25) is 0 Å². The molecule has 0 amide bonds. The molecule has 0 radical (unpaired) electrons. The van der Waals surface area contributed by atoms with Crippen LogP contribution >= 0.6 is 0 Å². The van der Waals surface area contributed by atoms with Crippen LogP contribution in [0.3, 0.4) is 0 Å². The van der Waals surface area contributed by atoms with E-state index in [4.69, 9.17) is 4.84 Å². The summed E-state index contributed by atoms with van der Waals surface area (Å²) in [6, 6.07) is 0. The monoisotopic (exact) mass is 233 g/mol. The van der Waals surface area contributed by atoms with Crippen molar-refractivity contribution in [2.75, 3.05) is 0 Å². The summed E-state index contributed by atoms with van der Waals surface area (Å²) in [4.78, 5) is 5.84. The number of oxime groups is 1. The van der Waals surface area contributed by atoms with Crippen molar-refractivity contribution >= 4 is 5.71 Å². The molecule has 0 spiro atoms. The Labute approximate surface area is 105 Å². The van der Waals surface area contributed by atoms with Crippen LogP contribution in [0, 0.1) is 0 Å². The molecule has 0 aliphatic heterocycles. The van der Waals surface area contributed by atoms with Gasteiger partial charge in [-0.25, -0.2) is 0 Å². The van der Waals surface area contributed by atoms with E-state index in [0.29, 0.717) is 0 Å². The number of allylic oxidation sites excluding steroid dienone is 2. The molecule has 17 heavy (non-hydrogen) atoms. The molecule has 0 atom stereocenters. The topological polar surface area (TPSA) is 21.6 Å². The predicted octanol–water partition coefficient (Wildman–Crippen LogP) is 4.40. The molecular formula is C15H23NO. The van der Waals surface area contributed by atoms with Crippen LogP contribution in [0.4, 0.5) is 0 Å². The zero-order valence-electron chi connectivity index (χ0n) is 11.0. The highest BCUT2D eigenvalue weighted by Crippen LogP contribution is 2.38. The minimum absolute atomic E-state index is 0.286. The normalized spacial score (nSPS) is 19.3. The van der Waals surface area contributed by atoms with Gasteiger partial charge in [-0.15, -0.1) is 0 Å². The molecule has 0 aromatic heterocycles. The molecule has 0 aromatic carbocycles. The molecule has 1 fully saturated rings. The molecule has 0 unspecified atom stereocenters. The van der Waals surface area contributed by atoms with E-state index < -0.39 is 0 Å². The second-order valence-corrected chi connectivity index (χ2v) is 4.75. The standard InChI is InChI=1S/C15H23NO/c1-5-10-14(6-2)15(17-16-13(3)4)11-8-7-9-12-15/h5-6,10H,1-2,7-9,11-12H2,3-4H3/b14-10+. The lowest BCUT2D eigenvalue weighted by Crippen LogP contribution is -2.35. The zero-order chi connectivity index (χ0) is 12.7. The van der Waals surface area contributed by atoms with Crippen molar-refractivity contribution in [1.82, 2.24) is 0 Å². The van der Waals surface area contributed by atoms with Crippen molar-refractivity contribution in [2.24, 2.45) is 5.16 Å². The SMILES string of the molecule is C=C/C=C(\C=C)C1(ON=C(C)C)CCCCC1. The quantitative estimate of drug-likeness (QED) is 0.392. The number of rotatable bonds is 5. The molecule has 1 rings (SSSR count). The van der Waals surface area contributed by atoms with Crippen molar-refractivity contribution < 1.29 is 4.84 Å². The van der Waals surface area contributed by atoms with Gasteiger partial charge in [0.05, 0.1) is 5.71 Å². The van der Waals surface area contributed by atoms with E-state index in [1.54, 1.807) is 6.08 Å². The Bertz CT molecular complexity index is 329. The summed E-state index contributed by atoms with van der Waals surface area (Å²) >= 11 is 0. The van der Waals surface area contributed by atoms with Crippen LogP contribution in [0.1, 0.15) is 46.0 Å². The van der Waals surface area contributed by atoms with E-state index >= 15 is 0 Å². The summed E-state index contributed by atoms with van der Waals surface area (Å²) in [7, 11) is 0. The second-order valence-electron chi connectivity index (χ2n) is 4.75. The molecule has 94 valence electrons. The lowest BCUT2D eigenvalue weighted by atomic mass is 9.79. The molecule has 2 nitrogen and oxygen atoms in total. The van der Waals surface area contributed by atoms with Crippen LogP contribution in [0.25, 0.3) is 0 Å². The third-order valence-electron chi connectivity index (χ3n) is 3.11. The minimum atomic E-state index is -0.286. The molecule has 0 N–H and O–H groups in total. The number of nitrogens with zero attached hydrogens (tertiary/aromatic N) is 1. The van der Waals surface area contributed by atoms with Gasteiger partial charge in [0.2, 0.25) is 0 Å². The van der Waals surface area contributed by atoms with Gasteiger partial charge in [0.15, 0.2) is 5.60 Å². The molecule has 1 aliphatic carbocycles. The van der Waals surface area contributed by atoms with Crippen molar-refractivity contribution in [2.45, 2.75) is 51.6 Å². The zero-order valence-corrected chi connectivity index (χ0v) is 11.0. The van der Waals surface area contributed by atoms with Gasteiger partial charge in [-0.2, -0.15) is 0 Å². The van der Waals surface area contributed by atoms with E-state index in [2.05, 4.69) is 18.3 Å². The first-order chi connectivity index (χ1) is 8.14. The average molecular weight is 233 g/mol. The van der Waals surface area contributed by atoms with Gasteiger partial charge >= 0.3 is 0 Å². The van der Waals surface area contributed by atoms with Gasteiger partial charge < -0.3 is 4.84 Å². The first-order valence-electron chi connectivity index (χ1n) is 6.29. The van der Waals surface area contributed by atoms with Gasteiger partial charge in [0, 0.05) is 0 Å². The smallest absolute Gasteiger partial charge is 0.162 e. The fourth-order valence-corrected chi connectivity index (χ4v) is 2.27. The van der Waals surface area contributed by atoms with E-state index in [-0.39, 0.29) is 5.60 Å². The minimum Gasteiger partial charge on any atom is -0.384 e. The fraction of sp³-hybridized carbons (Fsp3) is 0.533. The summed E-state index contributed by atoms with van der Waals surface area (Å²) in [6.07, 6.45) is 11.3. The molecular weight excluding hydrogens is 210 g/mol. The lowest BCUT2D eigenvalue weighted by molar-refractivity contribution is -0.0374. The summed E-state index contributed by atoms with van der Waals surface area (Å²) < 4.78 is 0. The maximum absolute atomic E-state index is 5.84. The van der Waals surface area contributed by atoms with Gasteiger partial charge in [-0.1, -0.05) is 43.0 Å². The first-order valence-corrected chi connectivity index (χ1v) is 6.29. The molecule has 0 bridgehead atoms. The Hall–Kier alpha value is -1.31. The largest absolute Gasteiger partial charge is 0.384 e. The van der Waals surface area contributed by atoms with E-state index in [1.807, 2.05) is 26.0 Å². The van der Waals surface area contributed by atoms with Crippen LogP contribution in [0.5, 0.6) is 0 Å². The van der Waals surface area contributed by atoms with Gasteiger partial charge in [-0.3, -0.25) is 0 Å². The van der Waals surface area contributed by atoms with Crippen molar-refractivity contribution in [3.63, 3.8) is 0 Å². The summed E-state index contributed by atoms with van der Waals surface area (Å²) in [5.74, 6) is 0. The molecule has 1 aliphatic rings. The maximum Gasteiger partial charge on any atom is 0.162 e. The van der Waals surface area contributed by atoms with Crippen LogP contribution in [0.15, 0.2) is 42.1 Å². The molecule has 0 heterocycles. The Morgan fingerprint density at radius 1 is 1.18 bits per heavy atom. The number of hydrogen-bond acceptors (Lipinski definition) is 2. The van der Waals surface area contributed by atoms with Crippen LogP contribution in [-0.4, -0.2) is 11.3 Å². The molecule has 2 heteroatoms. The summed E-state index contributed by atoms with van der Waals surface area (Å²) in [5.41, 5.74) is 1.75. The molecule has 0 aromatic rings.